The van der Waals surface area contributed by atoms with Crippen LogP contribution < -0.4 is 0 Å². The molecule has 0 saturated heterocycles. The van der Waals surface area contributed by atoms with E-state index >= 15 is 0 Å². The summed E-state index contributed by atoms with van der Waals surface area (Å²) in [5, 5.41) is 11.8. The maximum Gasteiger partial charge on any atom is 0.258 e. The van der Waals surface area contributed by atoms with E-state index in [4.69, 9.17) is 4.52 Å². The number of hydrogen-bond acceptors (Lipinski definition) is 4. The number of nitrogens with one attached hydrogen (secondary N) is 1. The van der Waals surface area contributed by atoms with E-state index in [1.54, 1.807) is 12.3 Å². The molecule has 0 unspecified atom stereocenters. The van der Waals surface area contributed by atoms with Crippen molar-refractivity contribution < 1.29 is 8.91 Å². The summed E-state index contributed by atoms with van der Waals surface area (Å²) in [6.45, 7) is 0. The normalized spacial score (nSPS) is 11.2. The van der Waals surface area contributed by atoms with E-state index in [0.717, 1.165) is 22.0 Å². The Balaban J connectivity index is 1.66. The van der Waals surface area contributed by atoms with Crippen LogP contribution >= 0.6 is 15.9 Å². The molecule has 4 rings (SSSR count). The second-order valence-corrected chi connectivity index (χ2v) is 5.93. The van der Waals surface area contributed by atoms with Gasteiger partial charge in [0.25, 0.3) is 5.89 Å². The SMILES string of the molecule is Fc1cc(Cc2noc(-c3cccc4[nH]ncc34)n2)ccc1Br. The van der Waals surface area contributed by atoms with E-state index < -0.39 is 0 Å². The molecule has 1 N–H and O–H groups in total. The predicted molar refractivity (Wildman–Crippen MR) is 86.3 cm³/mol. The fraction of sp³-hybridized carbons (Fsp3) is 0.0625. The van der Waals surface area contributed by atoms with Gasteiger partial charge in [-0.1, -0.05) is 17.3 Å². The molecule has 23 heavy (non-hydrogen) atoms. The van der Waals surface area contributed by atoms with E-state index in [9.17, 15) is 4.39 Å². The molecule has 0 atom stereocenters. The average Bonchev–Trinajstić information content (AvgIpc) is 3.19. The van der Waals surface area contributed by atoms with Crippen molar-refractivity contribution in [3.8, 4) is 11.5 Å². The quantitative estimate of drug-likeness (QED) is 0.587. The van der Waals surface area contributed by atoms with E-state index in [0.29, 0.717) is 22.6 Å². The summed E-state index contributed by atoms with van der Waals surface area (Å²) in [5.41, 5.74) is 2.49. The fourth-order valence-electron chi connectivity index (χ4n) is 2.42. The Labute approximate surface area is 138 Å². The van der Waals surface area contributed by atoms with Gasteiger partial charge in [-0.15, -0.1) is 0 Å². The van der Waals surface area contributed by atoms with Gasteiger partial charge in [-0.2, -0.15) is 10.1 Å². The fourth-order valence-corrected chi connectivity index (χ4v) is 2.67. The van der Waals surface area contributed by atoms with Crippen LogP contribution in [0.2, 0.25) is 0 Å². The molecule has 0 aliphatic heterocycles. The third-order valence-corrected chi connectivity index (χ3v) is 4.17. The first-order chi connectivity index (χ1) is 11.2. The van der Waals surface area contributed by atoms with Crippen LogP contribution in [-0.2, 0) is 6.42 Å². The Hall–Kier alpha value is -2.54. The molecule has 0 aliphatic carbocycles. The monoisotopic (exact) mass is 372 g/mol. The van der Waals surface area contributed by atoms with Crippen LogP contribution in [-0.4, -0.2) is 20.3 Å². The van der Waals surface area contributed by atoms with Gasteiger partial charge in [0.15, 0.2) is 5.82 Å². The summed E-state index contributed by atoms with van der Waals surface area (Å²) in [6.07, 6.45) is 2.12. The van der Waals surface area contributed by atoms with Crippen LogP contribution in [0.5, 0.6) is 0 Å². The predicted octanol–water partition coefficient (Wildman–Crippen LogP) is 4.11. The van der Waals surface area contributed by atoms with Gasteiger partial charge in [-0.3, -0.25) is 5.10 Å². The smallest absolute Gasteiger partial charge is 0.258 e. The molecular formula is C16H10BrFN4O. The van der Waals surface area contributed by atoms with Crippen molar-refractivity contribution in [2.45, 2.75) is 6.42 Å². The highest BCUT2D eigenvalue weighted by Gasteiger charge is 2.13. The van der Waals surface area contributed by atoms with Crippen LogP contribution in [0.4, 0.5) is 4.39 Å². The van der Waals surface area contributed by atoms with Crippen molar-refractivity contribution in [2.24, 2.45) is 0 Å². The van der Waals surface area contributed by atoms with Crippen LogP contribution in [0.1, 0.15) is 11.4 Å². The number of H-pyrrole nitrogens is 1. The van der Waals surface area contributed by atoms with Crippen molar-refractivity contribution in [3.63, 3.8) is 0 Å². The number of benzene rings is 2. The molecule has 0 saturated carbocycles. The number of hydrogen-bond donors (Lipinski definition) is 1. The molecule has 2 heterocycles. The Morgan fingerprint density at radius 1 is 1.22 bits per heavy atom. The lowest BCUT2D eigenvalue weighted by Crippen LogP contribution is -1.92. The number of aromatic nitrogens is 4. The Kier molecular flexibility index (Phi) is 3.42. The third kappa shape index (κ3) is 2.63. The minimum atomic E-state index is -0.311. The van der Waals surface area contributed by atoms with Gasteiger partial charge in [0, 0.05) is 11.8 Å². The zero-order valence-electron chi connectivity index (χ0n) is 11.8. The molecule has 0 amide bonds. The van der Waals surface area contributed by atoms with Crippen molar-refractivity contribution in [1.29, 1.82) is 0 Å². The molecule has 0 fully saturated rings. The summed E-state index contributed by atoms with van der Waals surface area (Å²) in [6, 6.07) is 10.7. The van der Waals surface area contributed by atoms with Crippen LogP contribution in [0.25, 0.3) is 22.4 Å². The number of nitrogens with zero attached hydrogens (tertiary/aromatic N) is 3. The molecule has 0 radical (unpaired) electrons. The van der Waals surface area contributed by atoms with Crippen molar-refractivity contribution in [2.75, 3.05) is 0 Å². The highest BCUT2D eigenvalue weighted by molar-refractivity contribution is 9.10. The number of aromatic amines is 1. The number of fused-ring (bicyclic) bond motifs is 1. The molecule has 0 spiro atoms. The number of rotatable bonds is 3. The molecule has 4 aromatic rings. The van der Waals surface area contributed by atoms with E-state index in [-0.39, 0.29) is 5.82 Å². The zero-order chi connectivity index (χ0) is 15.8. The minimum absolute atomic E-state index is 0.311. The van der Waals surface area contributed by atoms with Gasteiger partial charge in [0.05, 0.1) is 21.7 Å². The second-order valence-electron chi connectivity index (χ2n) is 5.08. The Bertz CT molecular complexity index is 995. The van der Waals surface area contributed by atoms with Gasteiger partial charge in [-0.05, 0) is 45.8 Å². The highest BCUT2D eigenvalue weighted by atomic mass is 79.9. The molecule has 2 aromatic carbocycles. The van der Waals surface area contributed by atoms with Crippen LogP contribution in [0, 0.1) is 5.82 Å². The van der Waals surface area contributed by atoms with Gasteiger partial charge in [-0.25, -0.2) is 4.39 Å². The maximum atomic E-state index is 13.6. The summed E-state index contributed by atoms with van der Waals surface area (Å²) in [5.74, 6) is 0.612. The largest absolute Gasteiger partial charge is 0.334 e. The minimum Gasteiger partial charge on any atom is -0.334 e. The molecule has 5 nitrogen and oxygen atoms in total. The van der Waals surface area contributed by atoms with Gasteiger partial charge < -0.3 is 4.52 Å². The van der Waals surface area contributed by atoms with Crippen molar-refractivity contribution >= 4 is 26.8 Å². The summed E-state index contributed by atoms with van der Waals surface area (Å²) < 4.78 is 19.4. The van der Waals surface area contributed by atoms with E-state index in [2.05, 4.69) is 36.3 Å². The molecule has 114 valence electrons. The average molecular weight is 373 g/mol. The first-order valence-electron chi connectivity index (χ1n) is 6.90. The van der Waals surface area contributed by atoms with Gasteiger partial charge in [0.2, 0.25) is 0 Å². The molecule has 0 bridgehead atoms. The Morgan fingerprint density at radius 2 is 2.13 bits per heavy atom. The zero-order valence-corrected chi connectivity index (χ0v) is 13.3. The molecular weight excluding hydrogens is 363 g/mol. The van der Waals surface area contributed by atoms with Crippen LogP contribution in [0.15, 0.2) is 51.6 Å². The lowest BCUT2D eigenvalue weighted by molar-refractivity contribution is 0.424. The second kappa shape index (κ2) is 5.58. The lowest BCUT2D eigenvalue weighted by atomic mass is 10.1. The summed E-state index contributed by atoms with van der Waals surface area (Å²) in [7, 11) is 0. The summed E-state index contributed by atoms with van der Waals surface area (Å²) in [4.78, 5) is 4.40. The molecule has 2 aromatic heterocycles. The summed E-state index contributed by atoms with van der Waals surface area (Å²) >= 11 is 3.13. The van der Waals surface area contributed by atoms with Gasteiger partial charge >= 0.3 is 0 Å². The van der Waals surface area contributed by atoms with Crippen molar-refractivity contribution in [3.05, 3.63) is 64.3 Å². The van der Waals surface area contributed by atoms with Gasteiger partial charge in [0.1, 0.15) is 5.82 Å². The van der Waals surface area contributed by atoms with Crippen molar-refractivity contribution in [1.82, 2.24) is 20.3 Å². The topological polar surface area (TPSA) is 67.6 Å². The molecule has 0 aliphatic rings. The third-order valence-electron chi connectivity index (χ3n) is 3.53. The van der Waals surface area contributed by atoms with E-state index in [1.807, 2.05) is 24.3 Å². The van der Waals surface area contributed by atoms with E-state index in [1.165, 1.54) is 6.07 Å². The standard InChI is InChI=1S/C16H10BrFN4O/c17-12-5-4-9(6-13(12)18)7-15-20-16(23-22-15)10-2-1-3-14-11(10)8-19-21-14/h1-6,8H,7H2,(H,19,21). The number of halogens is 2. The first-order valence-corrected chi connectivity index (χ1v) is 7.69. The van der Waals surface area contributed by atoms with Crippen LogP contribution in [0.3, 0.4) is 0 Å². The first kappa shape index (κ1) is 14.1. The Morgan fingerprint density at radius 3 is 3.00 bits per heavy atom. The molecule has 7 heteroatoms. The lowest BCUT2D eigenvalue weighted by Gasteiger charge is -1.99. The highest BCUT2D eigenvalue weighted by Crippen LogP contribution is 2.26. The maximum absolute atomic E-state index is 13.6.